The average molecular weight is 408 g/mol. The number of unbranched alkanes of at least 4 members (excludes halogenated alkanes) is 1. The van der Waals surface area contributed by atoms with Crippen molar-refractivity contribution in [2.75, 3.05) is 33.8 Å². The maximum Gasteiger partial charge on any atom is 0.147 e. The van der Waals surface area contributed by atoms with E-state index in [4.69, 9.17) is 4.74 Å². The zero-order chi connectivity index (χ0) is 15.0. The monoisotopic (exact) mass is 406 g/mol. The van der Waals surface area contributed by atoms with Crippen LogP contribution in [-0.4, -0.2) is 38.7 Å². The summed E-state index contributed by atoms with van der Waals surface area (Å²) >= 11 is 7.12. The minimum absolute atomic E-state index is 0.667. The molecule has 0 aliphatic carbocycles. The second-order valence-corrected chi connectivity index (χ2v) is 6.72. The van der Waals surface area contributed by atoms with Crippen molar-refractivity contribution in [3.63, 3.8) is 0 Å². The van der Waals surface area contributed by atoms with Gasteiger partial charge in [-0.15, -0.1) is 0 Å². The van der Waals surface area contributed by atoms with Crippen molar-refractivity contribution in [3.05, 3.63) is 26.6 Å². The quantitative estimate of drug-likeness (QED) is 0.625. The Bertz CT molecular complexity index is 388. The van der Waals surface area contributed by atoms with E-state index in [0.717, 1.165) is 34.3 Å². The van der Waals surface area contributed by atoms with Crippen LogP contribution in [-0.2, 0) is 6.54 Å². The third-order valence-corrected chi connectivity index (χ3v) is 4.06. The molecule has 0 atom stereocenters. The summed E-state index contributed by atoms with van der Waals surface area (Å²) in [6.45, 7) is 5.74. The van der Waals surface area contributed by atoms with Gasteiger partial charge in [-0.05, 0) is 96.5 Å². The number of ether oxygens (including phenoxy) is 1. The van der Waals surface area contributed by atoms with Gasteiger partial charge in [-0.3, -0.25) is 0 Å². The van der Waals surface area contributed by atoms with Gasteiger partial charge in [0.05, 0.1) is 15.6 Å². The van der Waals surface area contributed by atoms with Crippen LogP contribution in [0, 0.1) is 0 Å². The maximum atomic E-state index is 5.58. The molecular formula is C15H24Br2N2O. The molecule has 0 spiro atoms. The minimum Gasteiger partial charge on any atom is -0.492 e. The third kappa shape index (κ3) is 6.57. The highest BCUT2D eigenvalue weighted by Gasteiger charge is 2.08. The zero-order valence-electron chi connectivity index (χ0n) is 12.5. The van der Waals surface area contributed by atoms with Crippen molar-refractivity contribution in [3.8, 4) is 5.75 Å². The second-order valence-electron chi connectivity index (χ2n) is 5.01. The molecule has 0 heterocycles. The molecular weight excluding hydrogens is 384 g/mol. The number of hydrogen-bond donors (Lipinski definition) is 1. The lowest BCUT2D eigenvalue weighted by Gasteiger charge is -2.12. The Kier molecular flexibility index (Phi) is 8.77. The van der Waals surface area contributed by atoms with Gasteiger partial charge in [0.15, 0.2) is 0 Å². The van der Waals surface area contributed by atoms with Crippen molar-refractivity contribution >= 4 is 31.9 Å². The van der Waals surface area contributed by atoms with Gasteiger partial charge in [-0.2, -0.15) is 0 Å². The van der Waals surface area contributed by atoms with E-state index < -0.39 is 0 Å². The Balaban J connectivity index is 2.37. The van der Waals surface area contributed by atoms with Gasteiger partial charge in [-0.25, -0.2) is 0 Å². The molecule has 0 bridgehead atoms. The largest absolute Gasteiger partial charge is 0.492 e. The predicted molar refractivity (Wildman–Crippen MR) is 92.5 cm³/mol. The van der Waals surface area contributed by atoms with E-state index in [1.165, 1.54) is 18.4 Å². The Hall–Kier alpha value is -0.100. The van der Waals surface area contributed by atoms with Gasteiger partial charge in [-0.1, -0.05) is 0 Å². The fraction of sp³-hybridized carbons (Fsp3) is 0.600. The maximum absolute atomic E-state index is 5.58. The van der Waals surface area contributed by atoms with Crippen LogP contribution in [0.1, 0.15) is 25.3 Å². The highest BCUT2D eigenvalue weighted by molar-refractivity contribution is 9.11. The number of hydrogen-bond acceptors (Lipinski definition) is 3. The summed E-state index contributed by atoms with van der Waals surface area (Å²) in [6.07, 6.45) is 2.44. The highest BCUT2D eigenvalue weighted by atomic mass is 79.9. The summed E-state index contributed by atoms with van der Waals surface area (Å²) in [7, 11) is 4.23. The van der Waals surface area contributed by atoms with E-state index in [0.29, 0.717) is 6.61 Å². The molecule has 3 nitrogen and oxygen atoms in total. The average Bonchev–Trinajstić information content (AvgIpc) is 2.37. The summed E-state index contributed by atoms with van der Waals surface area (Å²) in [5, 5.41) is 3.48. The standard InChI is InChI=1S/C15H24Br2N2O/c1-4-20-15-13(16)9-12(10-14(15)17)11-18-7-5-6-8-19(2)3/h9-10,18H,4-8,11H2,1-3H3. The first-order valence-corrected chi connectivity index (χ1v) is 8.59. The van der Waals surface area contributed by atoms with E-state index in [9.17, 15) is 0 Å². The molecule has 1 rings (SSSR count). The van der Waals surface area contributed by atoms with Gasteiger partial charge < -0.3 is 15.0 Å². The summed E-state index contributed by atoms with van der Waals surface area (Å²) in [5.41, 5.74) is 1.25. The van der Waals surface area contributed by atoms with E-state index in [2.05, 4.69) is 68.3 Å². The van der Waals surface area contributed by atoms with Gasteiger partial charge in [0, 0.05) is 6.54 Å². The van der Waals surface area contributed by atoms with E-state index in [1.807, 2.05) is 6.92 Å². The van der Waals surface area contributed by atoms with Gasteiger partial charge >= 0.3 is 0 Å². The normalized spacial score (nSPS) is 11.1. The molecule has 0 radical (unpaired) electrons. The van der Waals surface area contributed by atoms with Crippen molar-refractivity contribution in [1.82, 2.24) is 10.2 Å². The van der Waals surface area contributed by atoms with E-state index >= 15 is 0 Å². The molecule has 5 heteroatoms. The number of benzene rings is 1. The molecule has 0 saturated carbocycles. The predicted octanol–water partition coefficient (Wildman–Crippen LogP) is 4.04. The molecule has 0 aliphatic heterocycles. The fourth-order valence-corrected chi connectivity index (χ4v) is 3.42. The topological polar surface area (TPSA) is 24.5 Å². The van der Waals surface area contributed by atoms with Crippen molar-refractivity contribution in [2.24, 2.45) is 0 Å². The molecule has 1 aromatic rings. The Morgan fingerprint density at radius 2 is 1.80 bits per heavy atom. The summed E-state index contributed by atoms with van der Waals surface area (Å²) in [5.74, 6) is 0.877. The lowest BCUT2D eigenvalue weighted by molar-refractivity contribution is 0.336. The van der Waals surface area contributed by atoms with E-state index in [-0.39, 0.29) is 0 Å². The fourth-order valence-electron chi connectivity index (χ4n) is 1.91. The molecule has 0 unspecified atom stereocenters. The van der Waals surface area contributed by atoms with Crippen molar-refractivity contribution in [2.45, 2.75) is 26.3 Å². The molecule has 0 fully saturated rings. The summed E-state index contributed by atoms with van der Waals surface area (Å²) in [4.78, 5) is 2.22. The van der Waals surface area contributed by atoms with Gasteiger partial charge in [0.25, 0.3) is 0 Å². The van der Waals surface area contributed by atoms with Crippen LogP contribution in [0.3, 0.4) is 0 Å². The smallest absolute Gasteiger partial charge is 0.147 e. The number of rotatable bonds is 9. The molecule has 1 aromatic carbocycles. The first-order valence-electron chi connectivity index (χ1n) is 7.00. The van der Waals surface area contributed by atoms with Crippen LogP contribution in [0.5, 0.6) is 5.75 Å². The molecule has 0 amide bonds. The third-order valence-electron chi connectivity index (χ3n) is 2.88. The van der Waals surface area contributed by atoms with Crippen LogP contribution in [0.4, 0.5) is 0 Å². The van der Waals surface area contributed by atoms with Gasteiger partial charge in [0.1, 0.15) is 5.75 Å². The van der Waals surface area contributed by atoms with Gasteiger partial charge in [0.2, 0.25) is 0 Å². The van der Waals surface area contributed by atoms with E-state index in [1.54, 1.807) is 0 Å². The number of nitrogens with zero attached hydrogens (tertiary/aromatic N) is 1. The molecule has 114 valence electrons. The van der Waals surface area contributed by atoms with Crippen LogP contribution in [0.2, 0.25) is 0 Å². The zero-order valence-corrected chi connectivity index (χ0v) is 15.7. The highest BCUT2D eigenvalue weighted by Crippen LogP contribution is 2.34. The van der Waals surface area contributed by atoms with Crippen LogP contribution in [0.25, 0.3) is 0 Å². The SMILES string of the molecule is CCOc1c(Br)cc(CNCCCCN(C)C)cc1Br. The molecule has 0 aromatic heterocycles. The van der Waals surface area contributed by atoms with Crippen molar-refractivity contribution < 1.29 is 4.74 Å². The first-order chi connectivity index (χ1) is 9.54. The van der Waals surface area contributed by atoms with Crippen LogP contribution in [0.15, 0.2) is 21.1 Å². The minimum atomic E-state index is 0.667. The number of nitrogens with one attached hydrogen (secondary N) is 1. The van der Waals surface area contributed by atoms with Crippen molar-refractivity contribution in [1.29, 1.82) is 0 Å². The first kappa shape index (κ1) is 18.0. The Morgan fingerprint density at radius 3 is 2.35 bits per heavy atom. The lowest BCUT2D eigenvalue weighted by Crippen LogP contribution is -2.18. The Morgan fingerprint density at radius 1 is 1.15 bits per heavy atom. The van der Waals surface area contributed by atoms with Crippen LogP contribution >= 0.6 is 31.9 Å². The molecule has 1 N–H and O–H groups in total. The molecule has 0 aliphatic rings. The molecule has 0 saturated heterocycles. The Labute approximate surface area is 139 Å². The second kappa shape index (κ2) is 9.77. The molecule has 20 heavy (non-hydrogen) atoms. The number of halogens is 2. The lowest BCUT2D eigenvalue weighted by atomic mass is 10.2. The summed E-state index contributed by atoms with van der Waals surface area (Å²) in [6, 6.07) is 4.23. The summed E-state index contributed by atoms with van der Waals surface area (Å²) < 4.78 is 7.58. The van der Waals surface area contributed by atoms with Crippen LogP contribution < -0.4 is 10.1 Å².